The molecule has 1 unspecified atom stereocenters. The van der Waals surface area contributed by atoms with E-state index in [0.29, 0.717) is 12.6 Å². The second-order valence-corrected chi connectivity index (χ2v) is 5.19. The van der Waals surface area contributed by atoms with Crippen molar-refractivity contribution < 1.29 is 0 Å². The standard InChI is InChI=1S/C13H21N3O2/c1-10-6-4-5-7-16(10)9-11-8-12(17)15(3)13(18)14(11)2/h8,10H,4-7,9H2,1-3H3. The van der Waals surface area contributed by atoms with Crippen LogP contribution in [0.4, 0.5) is 0 Å². The second-order valence-electron chi connectivity index (χ2n) is 5.19. The fourth-order valence-corrected chi connectivity index (χ4v) is 2.53. The average molecular weight is 251 g/mol. The van der Waals surface area contributed by atoms with E-state index >= 15 is 0 Å². The summed E-state index contributed by atoms with van der Waals surface area (Å²) in [4.78, 5) is 25.9. The first-order valence-electron chi connectivity index (χ1n) is 6.50. The summed E-state index contributed by atoms with van der Waals surface area (Å²) in [6.45, 7) is 3.94. The van der Waals surface area contributed by atoms with E-state index in [2.05, 4.69) is 11.8 Å². The minimum atomic E-state index is -0.248. The van der Waals surface area contributed by atoms with Gasteiger partial charge >= 0.3 is 5.69 Å². The number of hydrogen-bond donors (Lipinski definition) is 0. The number of aromatic nitrogens is 2. The Hall–Kier alpha value is -1.36. The summed E-state index contributed by atoms with van der Waals surface area (Å²) in [5.74, 6) is 0. The first kappa shape index (κ1) is 13.1. The fourth-order valence-electron chi connectivity index (χ4n) is 2.53. The molecule has 1 saturated heterocycles. The first-order chi connectivity index (χ1) is 8.50. The molecule has 18 heavy (non-hydrogen) atoms. The monoisotopic (exact) mass is 251 g/mol. The van der Waals surface area contributed by atoms with Gasteiger partial charge in [-0.15, -0.1) is 0 Å². The number of hydrogen-bond acceptors (Lipinski definition) is 3. The van der Waals surface area contributed by atoms with Crippen LogP contribution in [0.1, 0.15) is 31.9 Å². The molecule has 0 saturated carbocycles. The van der Waals surface area contributed by atoms with Gasteiger partial charge in [-0.3, -0.25) is 18.8 Å². The van der Waals surface area contributed by atoms with E-state index in [9.17, 15) is 9.59 Å². The van der Waals surface area contributed by atoms with Crippen molar-refractivity contribution in [2.24, 2.45) is 14.1 Å². The zero-order chi connectivity index (χ0) is 13.3. The molecule has 0 aromatic carbocycles. The predicted octanol–water partition coefficient (Wildman–Crippen LogP) is 0.458. The topological polar surface area (TPSA) is 47.2 Å². The summed E-state index contributed by atoms with van der Waals surface area (Å²) in [6, 6.07) is 2.10. The Labute approximate surface area is 107 Å². The van der Waals surface area contributed by atoms with Crippen molar-refractivity contribution in [1.82, 2.24) is 14.0 Å². The van der Waals surface area contributed by atoms with Gasteiger partial charge < -0.3 is 0 Å². The van der Waals surface area contributed by atoms with E-state index in [-0.39, 0.29) is 11.2 Å². The Bertz CT molecular complexity index is 544. The van der Waals surface area contributed by atoms with E-state index in [0.717, 1.165) is 16.8 Å². The normalized spacial score (nSPS) is 21.2. The maximum atomic E-state index is 11.8. The maximum absolute atomic E-state index is 11.8. The summed E-state index contributed by atoms with van der Waals surface area (Å²) < 4.78 is 2.71. The van der Waals surface area contributed by atoms with Crippen LogP contribution in [-0.4, -0.2) is 26.6 Å². The third-order valence-corrected chi connectivity index (χ3v) is 3.93. The Morgan fingerprint density at radius 2 is 1.94 bits per heavy atom. The van der Waals surface area contributed by atoms with Crippen LogP contribution in [0.2, 0.25) is 0 Å². The molecule has 1 atom stereocenters. The van der Waals surface area contributed by atoms with Crippen LogP contribution in [0.15, 0.2) is 15.7 Å². The van der Waals surface area contributed by atoms with Crippen molar-refractivity contribution >= 4 is 0 Å². The van der Waals surface area contributed by atoms with E-state index < -0.39 is 0 Å². The predicted molar refractivity (Wildman–Crippen MR) is 70.6 cm³/mol. The molecule has 1 fully saturated rings. The van der Waals surface area contributed by atoms with Crippen molar-refractivity contribution in [2.75, 3.05) is 6.54 Å². The summed E-state index contributed by atoms with van der Waals surface area (Å²) in [5, 5.41) is 0. The molecular weight excluding hydrogens is 230 g/mol. The Balaban J connectivity index is 2.29. The van der Waals surface area contributed by atoms with Crippen LogP contribution >= 0.6 is 0 Å². The van der Waals surface area contributed by atoms with Crippen LogP contribution < -0.4 is 11.2 Å². The van der Waals surface area contributed by atoms with E-state index in [4.69, 9.17) is 0 Å². The van der Waals surface area contributed by atoms with Gasteiger partial charge in [0.2, 0.25) is 0 Å². The quantitative estimate of drug-likeness (QED) is 0.767. The SMILES string of the molecule is CC1CCCCN1Cc1cc(=O)n(C)c(=O)n1C. The molecular formula is C13H21N3O2. The maximum Gasteiger partial charge on any atom is 0.330 e. The first-order valence-corrected chi connectivity index (χ1v) is 6.50. The smallest absolute Gasteiger partial charge is 0.299 e. The lowest BCUT2D eigenvalue weighted by atomic mass is 10.0. The van der Waals surface area contributed by atoms with E-state index in [1.54, 1.807) is 17.7 Å². The minimum Gasteiger partial charge on any atom is -0.299 e. The number of nitrogens with zero attached hydrogens (tertiary/aromatic N) is 3. The number of rotatable bonds is 2. The molecule has 0 amide bonds. The molecule has 1 aliphatic heterocycles. The molecule has 1 aliphatic rings. The van der Waals surface area contributed by atoms with Gasteiger partial charge in [-0.25, -0.2) is 4.79 Å². The van der Waals surface area contributed by atoms with Crippen LogP contribution in [0.5, 0.6) is 0 Å². The summed E-state index contributed by atoms with van der Waals surface area (Å²) in [7, 11) is 3.24. The van der Waals surface area contributed by atoms with Crippen molar-refractivity contribution in [3.8, 4) is 0 Å². The van der Waals surface area contributed by atoms with Gasteiger partial charge in [-0.1, -0.05) is 6.42 Å². The third kappa shape index (κ3) is 2.41. The van der Waals surface area contributed by atoms with Crippen molar-refractivity contribution in [3.05, 3.63) is 32.6 Å². The molecule has 0 radical (unpaired) electrons. The second kappa shape index (κ2) is 5.10. The van der Waals surface area contributed by atoms with Crippen LogP contribution in [-0.2, 0) is 20.6 Å². The molecule has 2 heterocycles. The van der Waals surface area contributed by atoms with Gasteiger partial charge in [-0.05, 0) is 26.3 Å². The van der Waals surface area contributed by atoms with Gasteiger partial charge in [0.25, 0.3) is 5.56 Å². The molecule has 1 aromatic heterocycles. The van der Waals surface area contributed by atoms with Crippen LogP contribution in [0.3, 0.4) is 0 Å². The minimum absolute atomic E-state index is 0.224. The van der Waals surface area contributed by atoms with E-state index in [1.165, 1.54) is 26.3 Å². The highest BCUT2D eigenvalue weighted by molar-refractivity contribution is 5.02. The van der Waals surface area contributed by atoms with Crippen molar-refractivity contribution in [2.45, 2.75) is 38.8 Å². The zero-order valence-electron chi connectivity index (χ0n) is 11.3. The number of piperidine rings is 1. The zero-order valence-corrected chi connectivity index (χ0v) is 11.3. The molecule has 0 N–H and O–H groups in total. The molecule has 1 aromatic rings. The molecule has 0 aliphatic carbocycles. The summed E-state index contributed by atoms with van der Waals surface area (Å²) >= 11 is 0. The average Bonchev–Trinajstić information content (AvgIpc) is 2.36. The van der Waals surface area contributed by atoms with E-state index in [1.807, 2.05) is 0 Å². The lowest BCUT2D eigenvalue weighted by Gasteiger charge is -2.33. The molecule has 5 nitrogen and oxygen atoms in total. The highest BCUT2D eigenvalue weighted by Crippen LogP contribution is 2.18. The third-order valence-electron chi connectivity index (χ3n) is 3.93. The molecule has 0 bridgehead atoms. The van der Waals surface area contributed by atoms with Gasteiger partial charge in [-0.2, -0.15) is 0 Å². The highest BCUT2D eigenvalue weighted by Gasteiger charge is 2.19. The van der Waals surface area contributed by atoms with Gasteiger partial charge in [0.05, 0.1) is 0 Å². The molecule has 5 heteroatoms. The Morgan fingerprint density at radius 3 is 2.61 bits per heavy atom. The molecule has 0 spiro atoms. The molecule has 2 rings (SSSR count). The highest BCUT2D eigenvalue weighted by atomic mass is 16.2. The van der Waals surface area contributed by atoms with Crippen molar-refractivity contribution in [3.63, 3.8) is 0 Å². The van der Waals surface area contributed by atoms with Gasteiger partial charge in [0, 0.05) is 38.4 Å². The lowest BCUT2D eigenvalue weighted by molar-refractivity contribution is 0.148. The molecule has 100 valence electrons. The lowest BCUT2D eigenvalue weighted by Crippen LogP contribution is -2.42. The Morgan fingerprint density at radius 1 is 1.22 bits per heavy atom. The summed E-state index contributed by atoms with van der Waals surface area (Å²) in [5.41, 5.74) is 0.330. The summed E-state index contributed by atoms with van der Waals surface area (Å²) in [6.07, 6.45) is 3.66. The van der Waals surface area contributed by atoms with Crippen molar-refractivity contribution in [1.29, 1.82) is 0 Å². The van der Waals surface area contributed by atoms with Crippen LogP contribution in [0, 0.1) is 0 Å². The largest absolute Gasteiger partial charge is 0.330 e. The van der Waals surface area contributed by atoms with Gasteiger partial charge in [0.15, 0.2) is 0 Å². The Kier molecular flexibility index (Phi) is 3.71. The fraction of sp³-hybridized carbons (Fsp3) is 0.692. The van der Waals surface area contributed by atoms with Gasteiger partial charge in [0.1, 0.15) is 0 Å². The number of likely N-dealkylation sites (tertiary alicyclic amines) is 1. The van der Waals surface area contributed by atoms with Crippen LogP contribution in [0.25, 0.3) is 0 Å².